The minimum Gasteiger partial charge on any atom is -0.481 e. The van der Waals surface area contributed by atoms with Gasteiger partial charge in [-0.1, -0.05) is 6.92 Å². The Morgan fingerprint density at radius 3 is 2.00 bits per heavy atom. The molecule has 12 heavy (non-hydrogen) atoms. The average molecular weight is 208 g/mol. The predicted octanol–water partition coefficient (Wildman–Crippen LogP) is -0.975. The molecular formula is C5H11MgO5S. The van der Waals surface area contributed by atoms with E-state index < -0.39 is 27.8 Å². The Labute approximate surface area is 87.1 Å². The third-order valence-corrected chi connectivity index (χ3v) is 2.39. The van der Waals surface area contributed by atoms with Crippen molar-refractivity contribution in [1.29, 1.82) is 0 Å². The summed E-state index contributed by atoms with van der Waals surface area (Å²) >= 11 is 0. The van der Waals surface area contributed by atoms with Crippen LogP contribution < -0.4 is 0 Å². The van der Waals surface area contributed by atoms with Crippen molar-refractivity contribution < 1.29 is 22.9 Å². The zero-order valence-electron chi connectivity index (χ0n) is 5.73. The Bertz CT molecular complexity index is 234. The maximum atomic E-state index is 10.4. The van der Waals surface area contributed by atoms with Gasteiger partial charge in [-0.25, -0.2) is 0 Å². The van der Waals surface area contributed by atoms with Crippen molar-refractivity contribution in [1.82, 2.24) is 0 Å². The number of rotatable bonds is 4. The van der Waals surface area contributed by atoms with Crippen LogP contribution in [0.3, 0.4) is 0 Å². The average Bonchev–Trinajstić information content (AvgIpc) is 1.79. The van der Waals surface area contributed by atoms with Gasteiger partial charge >= 0.3 is 29.0 Å². The molecule has 0 bridgehead atoms. The molecule has 0 fully saturated rings. The zero-order valence-corrected chi connectivity index (χ0v) is 6.54. The topological polar surface area (TPSA) is 91.7 Å². The molecule has 0 saturated carbocycles. The van der Waals surface area contributed by atoms with E-state index in [1.807, 2.05) is 0 Å². The molecule has 0 aromatic rings. The van der Waals surface area contributed by atoms with E-state index in [0.717, 1.165) is 0 Å². The molecule has 5 nitrogen and oxygen atoms in total. The Morgan fingerprint density at radius 2 is 1.92 bits per heavy atom. The van der Waals surface area contributed by atoms with Gasteiger partial charge in [0.2, 0.25) is 0 Å². The second-order valence-electron chi connectivity index (χ2n) is 2.02. The summed E-state index contributed by atoms with van der Waals surface area (Å²) in [4.78, 5) is 10.0. The van der Waals surface area contributed by atoms with E-state index in [4.69, 9.17) is 9.66 Å². The lowest BCUT2D eigenvalue weighted by Crippen LogP contribution is -2.22. The molecule has 0 saturated heterocycles. The summed E-state index contributed by atoms with van der Waals surface area (Å²) in [6.07, 6.45) is -0.756. The van der Waals surface area contributed by atoms with Crippen molar-refractivity contribution >= 4 is 39.1 Å². The van der Waals surface area contributed by atoms with E-state index in [1.165, 1.54) is 0 Å². The molecular weight excluding hydrogens is 196 g/mol. The molecule has 1 radical (unpaired) electrons. The van der Waals surface area contributed by atoms with E-state index in [1.54, 1.807) is 0 Å². The fourth-order valence-corrected chi connectivity index (χ4v) is 1.20. The molecule has 0 spiro atoms. The van der Waals surface area contributed by atoms with E-state index >= 15 is 0 Å². The van der Waals surface area contributed by atoms with Crippen LogP contribution in [0.2, 0.25) is 0 Å². The van der Waals surface area contributed by atoms with E-state index in [0.29, 0.717) is 0 Å². The SMILES string of the molecule is [CH2]CC(CC(=O)O)S(=O)(=O)O.[MgH2]. The number of hydrogen-bond acceptors (Lipinski definition) is 3. The lowest BCUT2D eigenvalue weighted by Gasteiger charge is -2.06. The smallest absolute Gasteiger partial charge is 0.316 e. The van der Waals surface area contributed by atoms with Crippen LogP contribution in [-0.4, -0.2) is 52.3 Å². The van der Waals surface area contributed by atoms with Crippen LogP contribution in [-0.2, 0) is 14.9 Å². The number of carboxylic acids is 1. The van der Waals surface area contributed by atoms with Gasteiger partial charge in [0, 0.05) is 0 Å². The van der Waals surface area contributed by atoms with Gasteiger partial charge in [0.25, 0.3) is 10.1 Å². The standard InChI is InChI=1S/C5H9O5S.Mg.2H/c1-2-4(3-5(6)7)11(8,9)10;;;/h4H,1-3H2,(H,6,7)(H,8,9,10);;;. The van der Waals surface area contributed by atoms with E-state index in [-0.39, 0.29) is 29.5 Å². The van der Waals surface area contributed by atoms with Crippen LogP contribution >= 0.6 is 0 Å². The molecule has 0 aliphatic carbocycles. The molecule has 1 unspecified atom stereocenters. The van der Waals surface area contributed by atoms with Gasteiger partial charge in [-0.3, -0.25) is 9.35 Å². The summed E-state index contributed by atoms with van der Waals surface area (Å²) in [5, 5.41) is 6.88. The molecule has 0 aromatic heterocycles. The Morgan fingerprint density at radius 1 is 1.50 bits per heavy atom. The van der Waals surface area contributed by atoms with Gasteiger partial charge in [-0.15, -0.1) is 0 Å². The highest BCUT2D eigenvalue weighted by molar-refractivity contribution is 7.86. The van der Waals surface area contributed by atoms with Crippen LogP contribution in [0, 0.1) is 6.92 Å². The summed E-state index contributed by atoms with van der Waals surface area (Å²) < 4.78 is 29.1. The molecule has 0 aromatic carbocycles. The van der Waals surface area contributed by atoms with Gasteiger partial charge in [-0.05, 0) is 6.42 Å². The van der Waals surface area contributed by atoms with Gasteiger partial charge in [0.1, 0.15) is 0 Å². The van der Waals surface area contributed by atoms with Crippen LogP contribution in [0.5, 0.6) is 0 Å². The van der Waals surface area contributed by atoms with Gasteiger partial charge in [0.05, 0.1) is 11.7 Å². The van der Waals surface area contributed by atoms with Crippen LogP contribution in [0.15, 0.2) is 0 Å². The largest absolute Gasteiger partial charge is 0.481 e. The van der Waals surface area contributed by atoms with Crippen molar-refractivity contribution in [3.8, 4) is 0 Å². The predicted molar refractivity (Wildman–Crippen MR) is 46.1 cm³/mol. The molecule has 0 rings (SSSR count). The van der Waals surface area contributed by atoms with Crippen molar-refractivity contribution in [3.63, 3.8) is 0 Å². The van der Waals surface area contributed by atoms with Crippen molar-refractivity contribution in [3.05, 3.63) is 6.92 Å². The highest BCUT2D eigenvalue weighted by atomic mass is 32.2. The maximum Gasteiger partial charge on any atom is 0.316 e. The van der Waals surface area contributed by atoms with Crippen molar-refractivity contribution in [2.24, 2.45) is 0 Å². The van der Waals surface area contributed by atoms with Crippen LogP contribution in [0.1, 0.15) is 12.8 Å². The van der Waals surface area contributed by atoms with Crippen LogP contribution in [0.25, 0.3) is 0 Å². The molecule has 0 aliphatic heterocycles. The first-order valence-electron chi connectivity index (χ1n) is 2.85. The fourth-order valence-electron chi connectivity index (χ4n) is 0.551. The maximum absolute atomic E-state index is 10.4. The summed E-state index contributed by atoms with van der Waals surface area (Å²) in [5.74, 6) is -1.27. The third kappa shape index (κ3) is 5.75. The lowest BCUT2D eigenvalue weighted by molar-refractivity contribution is -0.137. The summed E-state index contributed by atoms with van der Waals surface area (Å²) in [5.41, 5.74) is 0. The molecule has 1 atom stereocenters. The molecule has 2 N–H and O–H groups in total. The lowest BCUT2D eigenvalue weighted by atomic mass is 10.2. The molecule has 0 heterocycles. The minimum atomic E-state index is -4.25. The molecule has 0 amide bonds. The first-order valence-corrected chi connectivity index (χ1v) is 4.35. The summed E-state index contributed by atoms with van der Waals surface area (Å²) in [6, 6.07) is 0. The monoisotopic (exact) mass is 207 g/mol. The highest BCUT2D eigenvalue weighted by Crippen LogP contribution is 2.07. The Balaban J connectivity index is 0. The zero-order chi connectivity index (χ0) is 9.07. The second kappa shape index (κ2) is 5.73. The number of aliphatic carboxylic acids is 1. The van der Waals surface area contributed by atoms with Gasteiger partial charge < -0.3 is 5.11 Å². The quantitative estimate of drug-likeness (QED) is 0.457. The Hall–Kier alpha value is 0.146. The van der Waals surface area contributed by atoms with Gasteiger partial charge in [0.15, 0.2) is 0 Å². The Kier molecular flexibility index (Phi) is 7.00. The highest BCUT2D eigenvalue weighted by Gasteiger charge is 2.23. The molecule has 69 valence electrons. The fraction of sp³-hybridized carbons (Fsp3) is 0.600. The van der Waals surface area contributed by atoms with Crippen LogP contribution in [0.4, 0.5) is 0 Å². The molecule has 7 heteroatoms. The minimum absolute atomic E-state index is 0. The van der Waals surface area contributed by atoms with E-state index in [2.05, 4.69) is 6.92 Å². The van der Waals surface area contributed by atoms with E-state index in [9.17, 15) is 13.2 Å². The second-order valence-corrected chi connectivity index (χ2v) is 3.72. The normalized spacial score (nSPS) is 13.2. The third-order valence-electron chi connectivity index (χ3n) is 1.15. The van der Waals surface area contributed by atoms with Crippen molar-refractivity contribution in [2.45, 2.75) is 18.1 Å². The first kappa shape index (κ1) is 14.7. The number of carbonyl (C=O) groups is 1. The number of hydrogen-bond donors (Lipinski definition) is 2. The summed E-state index contributed by atoms with van der Waals surface area (Å²) in [6.45, 7) is 3.20. The van der Waals surface area contributed by atoms with Gasteiger partial charge in [-0.2, -0.15) is 8.42 Å². The molecule has 0 aliphatic rings. The first-order chi connectivity index (χ1) is 4.88. The van der Waals surface area contributed by atoms with Crippen molar-refractivity contribution in [2.75, 3.05) is 0 Å². The summed E-state index contributed by atoms with van der Waals surface area (Å²) in [7, 11) is -4.25. The number of carboxylic acid groups (broad SMARTS) is 1.